The summed E-state index contributed by atoms with van der Waals surface area (Å²) in [6.07, 6.45) is 11.5. The second-order valence-corrected chi connectivity index (χ2v) is 9.39. The molecule has 1 spiro atoms. The van der Waals surface area contributed by atoms with Gasteiger partial charge in [-0.15, -0.1) is 0 Å². The van der Waals surface area contributed by atoms with Gasteiger partial charge in [0.25, 0.3) is 0 Å². The smallest absolute Gasteiger partial charge is 0.222 e. The minimum absolute atomic E-state index is 0.288. The fourth-order valence-corrected chi connectivity index (χ4v) is 5.29. The molecule has 0 aliphatic carbocycles. The van der Waals surface area contributed by atoms with Crippen LogP contribution in [-0.2, 0) is 16.0 Å². The summed E-state index contributed by atoms with van der Waals surface area (Å²) in [5.74, 6) is 1.11. The van der Waals surface area contributed by atoms with Gasteiger partial charge in [0.15, 0.2) is 0 Å². The SMILES string of the molecule is C[C@@H]1CCCN(C[C@H]2CC3(CCN(C(=O)CCc4cccnc4)CC3)CO2)C1. The zero-order valence-corrected chi connectivity index (χ0v) is 17.3. The lowest BCUT2D eigenvalue weighted by Crippen LogP contribution is -2.44. The van der Waals surface area contributed by atoms with Crippen molar-refractivity contribution in [2.45, 2.75) is 58.0 Å². The van der Waals surface area contributed by atoms with Crippen molar-refractivity contribution in [2.24, 2.45) is 11.3 Å². The van der Waals surface area contributed by atoms with Crippen molar-refractivity contribution in [1.29, 1.82) is 0 Å². The number of piperidine rings is 2. The maximum atomic E-state index is 12.6. The van der Waals surface area contributed by atoms with Crippen molar-refractivity contribution in [3.05, 3.63) is 30.1 Å². The zero-order valence-electron chi connectivity index (χ0n) is 17.3. The van der Waals surface area contributed by atoms with Gasteiger partial charge in [0, 0.05) is 45.0 Å². The third kappa shape index (κ3) is 4.93. The Morgan fingerprint density at radius 2 is 2.18 bits per heavy atom. The lowest BCUT2D eigenvalue weighted by atomic mass is 9.76. The van der Waals surface area contributed by atoms with Crippen LogP contribution in [0, 0.1) is 11.3 Å². The molecule has 0 aromatic carbocycles. The largest absolute Gasteiger partial charge is 0.376 e. The summed E-state index contributed by atoms with van der Waals surface area (Å²) < 4.78 is 6.23. The van der Waals surface area contributed by atoms with Crippen LogP contribution < -0.4 is 0 Å². The van der Waals surface area contributed by atoms with Crippen molar-refractivity contribution in [3.8, 4) is 0 Å². The summed E-state index contributed by atoms with van der Waals surface area (Å²) in [5.41, 5.74) is 1.45. The highest BCUT2D eigenvalue weighted by Crippen LogP contribution is 2.42. The Morgan fingerprint density at radius 1 is 1.32 bits per heavy atom. The lowest BCUT2D eigenvalue weighted by Gasteiger charge is -2.39. The van der Waals surface area contributed by atoms with E-state index in [9.17, 15) is 4.79 Å². The van der Waals surface area contributed by atoms with Gasteiger partial charge in [-0.3, -0.25) is 9.78 Å². The van der Waals surface area contributed by atoms with E-state index >= 15 is 0 Å². The number of ether oxygens (including phenoxy) is 1. The molecule has 1 aromatic rings. The van der Waals surface area contributed by atoms with Crippen LogP contribution in [0.4, 0.5) is 0 Å². The summed E-state index contributed by atoms with van der Waals surface area (Å²) in [6.45, 7) is 8.59. The molecule has 3 aliphatic heterocycles. The van der Waals surface area contributed by atoms with Crippen LogP contribution >= 0.6 is 0 Å². The molecule has 0 bridgehead atoms. The third-order valence-corrected chi connectivity index (χ3v) is 7.02. The van der Waals surface area contributed by atoms with Crippen molar-refractivity contribution in [1.82, 2.24) is 14.8 Å². The van der Waals surface area contributed by atoms with Crippen LogP contribution in [0.1, 0.15) is 51.0 Å². The minimum Gasteiger partial charge on any atom is -0.376 e. The molecule has 4 heterocycles. The molecule has 28 heavy (non-hydrogen) atoms. The quantitative estimate of drug-likeness (QED) is 0.781. The molecule has 4 rings (SSSR count). The Labute approximate surface area is 169 Å². The number of hydrogen-bond donors (Lipinski definition) is 0. The molecule has 5 heteroatoms. The van der Waals surface area contributed by atoms with E-state index in [1.54, 1.807) is 6.20 Å². The van der Waals surface area contributed by atoms with Crippen molar-refractivity contribution < 1.29 is 9.53 Å². The molecule has 0 unspecified atom stereocenters. The summed E-state index contributed by atoms with van der Waals surface area (Å²) in [7, 11) is 0. The number of likely N-dealkylation sites (tertiary alicyclic amines) is 2. The number of rotatable bonds is 5. The fourth-order valence-electron chi connectivity index (χ4n) is 5.29. The topological polar surface area (TPSA) is 45.7 Å². The number of aromatic nitrogens is 1. The summed E-state index contributed by atoms with van der Waals surface area (Å²) in [4.78, 5) is 21.4. The van der Waals surface area contributed by atoms with Gasteiger partial charge in [0.1, 0.15) is 0 Å². The molecular weight excluding hydrogens is 350 g/mol. The van der Waals surface area contributed by atoms with Gasteiger partial charge in [0.05, 0.1) is 12.7 Å². The summed E-state index contributed by atoms with van der Waals surface area (Å²) in [5, 5.41) is 0. The van der Waals surface area contributed by atoms with Gasteiger partial charge in [0.2, 0.25) is 5.91 Å². The predicted octanol–water partition coefficient (Wildman–Crippen LogP) is 3.14. The van der Waals surface area contributed by atoms with Crippen molar-refractivity contribution in [3.63, 3.8) is 0 Å². The van der Waals surface area contributed by atoms with E-state index in [1.165, 1.54) is 32.4 Å². The molecular formula is C23H35N3O2. The number of nitrogens with zero attached hydrogens (tertiary/aromatic N) is 3. The van der Waals surface area contributed by atoms with E-state index in [0.29, 0.717) is 17.9 Å². The summed E-state index contributed by atoms with van der Waals surface area (Å²) >= 11 is 0. The van der Waals surface area contributed by atoms with E-state index in [0.717, 1.165) is 57.0 Å². The molecule has 0 radical (unpaired) electrons. The second-order valence-electron chi connectivity index (χ2n) is 9.39. The van der Waals surface area contributed by atoms with Gasteiger partial charge < -0.3 is 14.5 Å². The maximum Gasteiger partial charge on any atom is 0.222 e. The minimum atomic E-state index is 0.288. The summed E-state index contributed by atoms with van der Waals surface area (Å²) in [6, 6.07) is 3.98. The molecule has 3 aliphatic rings. The first-order chi connectivity index (χ1) is 13.6. The predicted molar refractivity (Wildman–Crippen MR) is 110 cm³/mol. The van der Waals surface area contributed by atoms with Crippen molar-refractivity contribution in [2.75, 3.05) is 39.3 Å². The molecule has 154 valence electrons. The maximum absolute atomic E-state index is 12.6. The number of carbonyl (C=O) groups is 1. The van der Waals surface area contributed by atoms with E-state index in [1.807, 2.05) is 18.3 Å². The van der Waals surface area contributed by atoms with Gasteiger partial charge in [-0.25, -0.2) is 0 Å². The van der Waals surface area contributed by atoms with Crippen LogP contribution in [0.3, 0.4) is 0 Å². The average molecular weight is 386 g/mol. The number of amides is 1. The van der Waals surface area contributed by atoms with Gasteiger partial charge >= 0.3 is 0 Å². The molecule has 0 saturated carbocycles. The van der Waals surface area contributed by atoms with E-state index in [-0.39, 0.29) is 5.91 Å². The highest BCUT2D eigenvalue weighted by Gasteiger charge is 2.43. The first kappa shape index (κ1) is 19.8. The Hall–Kier alpha value is -1.46. The van der Waals surface area contributed by atoms with Gasteiger partial charge in [-0.05, 0) is 68.0 Å². The van der Waals surface area contributed by atoms with Gasteiger partial charge in [-0.2, -0.15) is 0 Å². The molecule has 2 atom stereocenters. The molecule has 1 amide bonds. The Bertz CT molecular complexity index is 643. The Kier molecular flexibility index (Phi) is 6.32. The second kappa shape index (κ2) is 8.91. The molecule has 5 nitrogen and oxygen atoms in total. The van der Waals surface area contributed by atoms with Crippen LogP contribution in [-0.4, -0.2) is 66.1 Å². The van der Waals surface area contributed by atoms with E-state index < -0.39 is 0 Å². The Morgan fingerprint density at radius 3 is 2.93 bits per heavy atom. The zero-order chi connectivity index (χ0) is 19.4. The number of hydrogen-bond acceptors (Lipinski definition) is 4. The molecule has 3 fully saturated rings. The average Bonchev–Trinajstić information content (AvgIpc) is 3.09. The van der Waals surface area contributed by atoms with Crippen LogP contribution in [0.25, 0.3) is 0 Å². The van der Waals surface area contributed by atoms with Crippen LogP contribution in [0.2, 0.25) is 0 Å². The number of pyridine rings is 1. The van der Waals surface area contributed by atoms with E-state index in [4.69, 9.17) is 4.74 Å². The van der Waals surface area contributed by atoms with Crippen LogP contribution in [0.5, 0.6) is 0 Å². The Balaban J connectivity index is 1.21. The van der Waals surface area contributed by atoms with Crippen LogP contribution in [0.15, 0.2) is 24.5 Å². The first-order valence-electron chi connectivity index (χ1n) is 11.1. The number of aryl methyl sites for hydroxylation is 1. The third-order valence-electron chi connectivity index (χ3n) is 7.02. The number of carbonyl (C=O) groups excluding carboxylic acids is 1. The standard InChI is InChI=1S/C23H35N3O2/c1-19-4-3-11-25(16-19)17-21-14-23(18-28-21)8-12-26(13-9-23)22(27)7-6-20-5-2-10-24-15-20/h2,5,10,15,19,21H,3-4,6-9,11-14,16-18H2,1H3/t19-,21-/m1/s1. The molecule has 0 N–H and O–H groups in total. The highest BCUT2D eigenvalue weighted by molar-refractivity contribution is 5.76. The molecule has 3 saturated heterocycles. The highest BCUT2D eigenvalue weighted by atomic mass is 16.5. The normalized spacial score (nSPS) is 28.0. The monoisotopic (exact) mass is 385 g/mol. The van der Waals surface area contributed by atoms with E-state index in [2.05, 4.69) is 21.7 Å². The lowest BCUT2D eigenvalue weighted by molar-refractivity contribution is -0.133. The van der Waals surface area contributed by atoms with Gasteiger partial charge in [-0.1, -0.05) is 13.0 Å². The first-order valence-corrected chi connectivity index (χ1v) is 11.1. The molecule has 1 aromatic heterocycles. The van der Waals surface area contributed by atoms with Crippen molar-refractivity contribution >= 4 is 5.91 Å². The fraction of sp³-hybridized carbons (Fsp3) is 0.739.